The molecular formula is C9H9FN2. The van der Waals surface area contributed by atoms with E-state index in [-0.39, 0.29) is 5.82 Å². The third-order valence-electron chi connectivity index (χ3n) is 1.97. The lowest BCUT2D eigenvalue weighted by Crippen LogP contribution is -1.84. The molecule has 2 nitrogen and oxygen atoms in total. The quantitative estimate of drug-likeness (QED) is 0.688. The summed E-state index contributed by atoms with van der Waals surface area (Å²) in [6, 6.07) is 3.49. The molecule has 1 aromatic heterocycles. The van der Waals surface area contributed by atoms with Gasteiger partial charge in [-0.2, -0.15) is 5.10 Å². The third-order valence-corrected chi connectivity index (χ3v) is 1.97. The van der Waals surface area contributed by atoms with Crippen LogP contribution in [0.1, 0.15) is 12.5 Å². The fraction of sp³-hybridized carbons (Fsp3) is 0.222. The standard InChI is InChI=1S/C9H9FN2/c1-2-6-3-7-5-11-12-9(7)8(10)4-6/h3-5H,2H2,1H3,(H,11,12). The van der Waals surface area contributed by atoms with Crippen molar-refractivity contribution in [2.75, 3.05) is 0 Å². The molecule has 0 fully saturated rings. The zero-order valence-electron chi connectivity index (χ0n) is 6.76. The fourth-order valence-electron chi connectivity index (χ4n) is 1.28. The first-order chi connectivity index (χ1) is 5.81. The van der Waals surface area contributed by atoms with Crippen molar-refractivity contribution in [3.05, 3.63) is 29.7 Å². The summed E-state index contributed by atoms with van der Waals surface area (Å²) in [6.45, 7) is 2.00. The molecule has 0 saturated heterocycles. The molecule has 0 aliphatic heterocycles. The number of hydrogen-bond acceptors (Lipinski definition) is 1. The van der Waals surface area contributed by atoms with Crippen LogP contribution in [0.5, 0.6) is 0 Å². The average molecular weight is 164 g/mol. The Balaban J connectivity index is 2.75. The minimum Gasteiger partial charge on any atom is -0.275 e. The summed E-state index contributed by atoms with van der Waals surface area (Å²) in [5.74, 6) is -0.221. The number of aryl methyl sites for hydroxylation is 1. The van der Waals surface area contributed by atoms with Crippen LogP contribution in [0.3, 0.4) is 0 Å². The Morgan fingerprint density at radius 3 is 3.08 bits per heavy atom. The first-order valence-corrected chi connectivity index (χ1v) is 3.92. The van der Waals surface area contributed by atoms with Crippen molar-refractivity contribution in [2.45, 2.75) is 13.3 Å². The number of hydrogen-bond donors (Lipinski definition) is 1. The summed E-state index contributed by atoms with van der Waals surface area (Å²) in [4.78, 5) is 0. The highest BCUT2D eigenvalue weighted by molar-refractivity contribution is 5.79. The van der Waals surface area contributed by atoms with Crippen molar-refractivity contribution in [3.8, 4) is 0 Å². The summed E-state index contributed by atoms with van der Waals surface area (Å²) in [5, 5.41) is 7.23. The van der Waals surface area contributed by atoms with Crippen molar-refractivity contribution in [1.82, 2.24) is 10.2 Å². The largest absolute Gasteiger partial charge is 0.275 e. The molecule has 0 aliphatic rings. The van der Waals surface area contributed by atoms with Gasteiger partial charge in [-0.3, -0.25) is 5.10 Å². The van der Waals surface area contributed by atoms with Crippen LogP contribution in [0.25, 0.3) is 10.9 Å². The van der Waals surface area contributed by atoms with Crippen LogP contribution < -0.4 is 0 Å². The first kappa shape index (κ1) is 7.28. The molecule has 0 aliphatic carbocycles. The molecule has 0 amide bonds. The summed E-state index contributed by atoms with van der Waals surface area (Å²) in [6.07, 6.45) is 2.48. The second kappa shape index (κ2) is 2.59. The monoisotopic (exact) mass is 164 g/mol. The van der Waals surface area contributed by atoms with Crippen LogP contribution in [0.2, 0.25) is 0 Å². The number of aromatic amines is 1. The molecule has 1 heterocycles. The zero-order valence-corrected chi connectivity index (χ0v) is 6.76. The number of halogens is 1. The summed E-state index contributed by atoms with van der Waals surface area (Å²) < 4.78 is 13.2. The van der Waals surface area contributed by atoms with Gasteiger partial charge in [-0.25, -0.2) is 4.39 Å². The summed E-state index contributed by atoms with van der Waals surface area (Å²) in [7, 11) is 0. The lowest BCUT2D eigenvalue weighted by molar-refractivity contribution is 0.634. The smallest absolute Gasteiger partial charge is 0.149 e. The van der Waals surface area contributed by atoms with Gasteiger partial charge in [0, 0.05) is 5.39 Å². The molecule has 0 bridgehead atoms. The van der Waals surface area contributed by atoms with Crippen molar-refractivity contribution in [3.63, 3.8) is 0 Å². The zero-order chi connectivity index (χ0) is 8.55. The number of aromatic nitrogens is 2. The Hall–Kier alpha value is -1.38. The molecule has 62 valence electrons. The van der Waals surface area contributed by atoms with E-state index in [0.29, 0.717) is 5.52 Å². The Morgan fingerprint density at radius 2 is 2.33 bits per heavy atom. The van der Waals surface area contributed by atoms with E-state index in [0.717, 1.165) is 17.4 Å². The minimum atomic E-state index is -0.221. The number of nitrogens with zero attached hydrogens (tertiary/aromatic N) is 1. The Morgan fingerprint density at radius 1 is 1.50 bits per heavy atom. The number of H-pyrrole nitrogens is 1. The van der Waals surface area contributed by atoms with Gasteiger partial charge in [0.15, 0.2) is 0 Å². The molecule has 0 unspecified atom stereocenters. The predicted molar refractivity (Wildman–Crippen MR) is 45.4 cm³/mol. The predicted octanol–water partition coefficient (Wildman–Crippen LogP) is 2.26. The van der Waals surface area contributed by atoms with Gasteiger partial charge in [0.25, 0.3) is 0 Å². The van der Waals surface area contributed by atoms with Crippen LogP contribution >= 0.6 is 0 Å². The van der Waals surface area contributed by atoms with Gasteiger partial charge in [0.2, 0.25) is 0 Å². The van der Waals surface area contributed by atoms with Crippen molar-refractivity contribution in [2.24, 2.45) is 0 Å². The van der Waals surface area contributed by atoms with Crippen LogP contribution in [-0.2, 0) is 6.42 Å². The Bertz CT molecular complexity index is 406. The van der Waals surface area contributed by atoms with Gasteiger partial charge in [0.1, 0.15) is 11.3 Å². The number of benzene rings is 1. The molecule has 3 heteroatoms. The number of fused-ring (bicyclic) bond motifs is 1. The van der Waals surface area contributed by atoms with Gasteiger partial charge < -0.3 is 0 Å². The van der Waals surface area contributed by atoms with E-state index >= 15 is 0 Å². The summed E-state index contributed by atoms with van der Waals surface area (Å²) in [5.41, 5.74) is 1.49. The highest BCUT2D eigenvalue weighted by atomic mass is 19.1. The lowest BCUT2D eigenvalue weighted by atomic mass is 10.1. The molecule has 0 radical (unpaired) electrons. The van der Waals surface area contributed by atoms with Crippen molar-refractivity contribution >= 4 is 10.9 Å². The van der Waals surface area contributed by atoms with E-state index in [2.05, 4.69) is 10.2 Å². The van der Waals surface area contributed by atoms with E-state index in [4.69, 9.17) is 0 Å². The molecule has 2 rings (SSSR count). The van der Waals surface area contributed by atoms with Gasteiger partial charge in [0.05, 0.1) is 6.20 Å². The van der Waals surface area contributed by atoms with Gasteiger partial charge in [-0.15, -0.1) is 0 Å². The molecule has 12 heavy (non-hydrogen) atoms. The SMILES string of the molecule is CCc1cc(F)c2[nH]ncc2c1. The molecule has 2 aromatic rings. The second-order valence-electron chi connectivity index (χ2n) is 2.77. The van der Waals surface area contributed by atoms with Crippen LogP contribution in [0, 0.1) is 5.82 Å². The second-order valence-corrected chi connectivity index (χ2v) is 2.77. The van der Waals surface area contributed by atoms with Gasteiger partial charge in [-0.1, -0.05) is 6.92 Å². The molecular weight excluding hydrogens is 155 g/mol. The average Bonchev–Trinajstić information content (AvgIpc) is 2.52. The van der Waals surface area contributed by atoms with Crippen LogP contribution in [0.15, 0.2) is 18.3 Å². The van der Waals surface area contributed by atoms with Crippen LogP contribution in [0.4, 0.5) is 4.39 Å². The number of nitrogens with one attached hydrogen (secondary N) is 1. The minimum absolute atomic E-state index is 0.221. The molecule has 1 aromatic carbocycles. The summed E-state index contributed by atoms with van der Waals surface area (Å²) >= 11 is 0. The molecule has 1 N–H and O–H groups in total. The first-order valence-electron chi connectivity index (χ1n) is 3.92. The third kappa shape index (κ3) is 0.978. The Kier molecular flexibility index (Phi) is 1.57. The fourth-order valence-corrected chi connectivity index (χ4v) is 1.28. The van der Waals surface area contributed by atoms with Crippen molar-refractivity contribution in [1.29, 1.82) is 0 Å². The lowest BCUT2D eigenvalue weighted by Gasteiger charge is -1.96. The van der Waals surface area contributed by atoms with E-state index < -0.39 is 0 Å². The van der Waals surface area contributed by atoms with Gasteiger partial charge >= 0.3 is 0 Å². The highest BCUT2D eigenvalue weighted by Gasteiger charge is 2.03. The Labute approximate surface area is 69.4 Å². The molecule has 0 saturated carbocycles. The van der Waals surface area contributed by atoms with E-state index in [1.165, 1.54) is 0 Å². The van der Waals surface area contributed by atoms with Crippen LogP contribution in [-0.4, -0.2) is 10.2 Å². The maximum atomic E-state index is 13.2. The normalized spacial score (nSPS) is 10.8. The van der Waals surface area contributed by atoms with Crippen molar-refractivity contribution < 1.29 is 4.39 Å². The molecule has 0 atom stereocenters. The molecule has 0 spiro atoms. The highest BCUT2D eigenvalue weighted by Crippen LogP contribution is 2.17. The maximum absolute atomic E-state index is 13.2. The topological polar surface area (TPSA) is 28.7 Å². The maximum Gasteiger partial charge on any atom is 0.149 e. The van der Waals surface area contributed by atoms with E-state index in [9.17, 15) is 4.39 Å². The van der Waals surface area contributed by atoms with E-state index in [1.54, 1.807) is 12.3 Å². The number of rotatable bonds is 1. The van der Waals surface area contributed by atoms with Gasteiger partial charge in [-0.05, 0) is 24.1 Å². The van der Waals surface area contributed by atoms with E-state index in [1.807, 2.05) is 13.0 Å².